The first-order valence-electron chi connectivity index (χ1n) is 10.4. The predicted octanol–water partition coefficient (Wildman–Crippen LogP) is 3.06. The zero-order chi connectivity index (χ0) is 21.7. The molecule has 1 amide bonds. The van der Waals surface area contributed by atoms with Crippen LogP contribution < -0.4 is 16.5 Å². The van der Waals surface area contributed by atoms with E-state index in [1.807, 2.05) is 32.0 Å². The van der Waals surface area contributed by atoms with E-state index in [0.717, 1.165) is 42.1 Å². The SMILES string of the molecule is CCN(C)C(=O)c1nc(N[C@H]2CCCC[C@H]2N=C(N)NOC)c2cc(C)ccc2n1.Cl.Cl. The second kappa shape index (κ2) is 12.6. The predicted molar refractivity (Wildman–Crippen MR) is 133 cm³/mol. The van der Waals surface area contributed by atoms with Gasteiger partial charge in [-0.05, 0) is 38.8 Å². The maximum absolute atomic E-state index is 12.7. The molecule has 178 valence electrons. The first kappa shape index (κ1) is 27.7. The Labute approximate surface area is 201 Å². The number of nitrogens with one attached hydrogen (secondary N) is 2. The van der Waals surface area contributed by atoms with Gasteiger partial charge in [0.1, 0.15) is 5.82 Å². The molecule has 0 aliphatic heterocycles. The zero-order valence-electron chi connectivity index (χ0n) is 18.9. The van der Waals surface area contributed by atoms with Crippen LogP contribution in [-0.4, -0.2) is 59.5 Å². The normalized spacial score (nSPS) is 18.3. The molecule has 0 saturated heterocycles. The Morgan fingerprint density at radius 1 is 1.28 bits per heavy atom. The van der Waals surface area contributed by atoms with E-state index in [1.165, 1.54) is 7.11 Å². The molecular formula is C21H33Cl2N7O2. The second-order valence-corrected chi connectivity index (χ2v) is 7.66. The number of aliphatic imine (C=N–C) groups is 1. The minimum Gasteiger partial charge on any atom is -0.368 e. The van der Waals surface area contributed by atoms with Crippen molar-refractivity contribution in [3.63, 3.8) is 0 Å². The topological polar surface area (TPSA) is 118 Å². The number of aryl methyl sites for hydroxylation is 1. The van der Waals surface area contributed by atoms with Crippen molar-refractivity contribution in [2.24, 2.45) is 10.7 Å². The number of nitrogens with zero attached hydrogens (tertiary/aromatic N) is 4. The zero-order valence-corrected chi connectivity index (χ0v) is 20.6. The number of rotatable bonds is 6. The van der Waals surface area contributed by atoms with Crippen molar-refractivity contribution in [2.45, 2.75) is 51.6 Å². The molecule has 2 aromatic rings. The van der Waals surface area contributed by atoms with Gasteiger partial charge in [-0.25, -0.2) is 20.4 Å². The number of benzene rings is 1. The van der Waals surface area contributed by atoms with Gasteiger partial charge in [0.05, 0.1) is 24.7 Å². The molecule has 4 N–H and O–H groups in total. The van der Waals surface area contributed by atoms with E-state index in [9.17, 15) is 4.79 Å². The minimum atomic E-state index is -0.199. The standard InChI is InChI=1S/C21H31N7O2.2ClH/c1-5-28(3)20(29)19-23-15-11-10-13(2)12-14(15)18(26-19)24-16-8-6-7-9-17(16)25-21(22)27-30-4;;/h10-12,16-17H,5-9H2,1-4H3,(H3,22,25,27)(H,23,24,26);2*1H/t16-,17+;;/m0../s1. The smallest absolute Gasteiger partial charge is 0.291 e. The highest BCUT2D eigenvalue weighted by Crippen LogP contribution is 2.28. The van der Waals surface area contributed by atoms with Crippen LogP contribution in [0.25, 0.3) is 10.9 Å². The Balaban J connectivity index is 0.00000256. The van der Waals surface area contributed by atoms with Crippen molar-refractivity contribution >= 4 is 53.4 Å². The average molecular weight is 486 g/mol. The van der Waals surface area contributed by atoms with Crippen molar-refractivity contribution in [1.29, 1.82) is 0 Å². The number of guanidine groups is 1. The minimum absolute atomic E-state index is 0. The number of aromatic nitrogens is 2. The van der Waals surface area contributed by atoms with Gasteiger partial charge in [0, 0.05) is 19.0 Å². The molecule has 1 saturated carbocycles. The number of nitrogens with two attached hydrogens (primary N) is 1. The lowest BCUT2D eigenvalue weighted by Gasteiger charge is -2.30. The molecule has 11 heteroatoms. The molecule has 0 spiro atoms. The molecule has 0 unspecified atom stereocenters. The highest BCUT2D eigenvalue weighted by Gasteiger charge is 2.27. The number of halogens is 2. The first-order valence-corrected chi connectivity index (χ1v) is 10.4. The van der Waals surface area contributed by atoms with Gasteiger partial charge in [0.2, 0.25) is 11.8 Å². The molecule has 1 aliphatic carbocycles. The fraction of sp³-hybridized carbons (Fsp3) is 0.524. The maximum atomic E-state index is 12.7. The van der Waals surface area contributed by atoms with Gasteiger partial charge in [-0.15, -0.1) is 24.8 Å². The second-order valence-electron chi connectivity index (χ2n) is 7.66. The number of carbonyl (C=O) groups excluding carboxylic acids is 1. The Bertz CT molecular complexity index is 942. The summed E-state index contributed by atoms with van der Waals surface area (Å²) in [5.74, 6) is 0.895. The lowest BCUT2D eigenvalue weighted by Crippen LogP contribution is -2.40. The molecule has 1 aromatic heterocycles. The van der Waals surface area contributed by atoms with Crippen LogP contribution >= 0.6 is 24.8 Å². The lowest BCUT2D eigenvalue weighted by atomic mass is 9.90. The van der Waals surface area contributed by atoms with E-state index in [0.29, 0.717) is 12.4 Å². The molecule has 1 fully saturated rings. The third kappa shape index (κ3) is 6.57. The fourth-order valence-corrected chi connectivity index (χ4v) is 3.68. The van der Waals surface area contributed by atoms with Crippen LogP contribution in [0.4, 0.5) is 5.82 Å². The number of fused-ring (bicyclic) bond motifs is 1. The number of hydrogen-bond acceptors (Lipinski definition) is 6. The van der Waals surface area contributed by atoms with Crippen molar-refractivity contribution < 1.29 is 9.63 Å². The van der Waals surface area contributed by atoms with Gasteiger partial charge < -0.3 is 16.0 Å². The van der Waals surface area contributed by atoms with Crippen LogP contribution in [0.5, 0.6) is 0 Å². The maximum Gasteiger partial charge on any atom is 0.291 e. The molecule has 1 heterocycles. The summed E-state index contributed by atoms with van der Waals surface area (Å²) in [5, 5.41) is 4.44. The van der Waals surface area contributed by atoms with E-state index in [4.69, 9.17) is 10.6 Å². The van der Waals surface area contributed by atoms with Crippen molar-refractivity contribution in [1.82, 2.24) is 20.3 Å². The van der Waals surface area contributed by atoms with Gasteiger partial charge in [0.25, 0.3) is 5.91 Å². The van der Waals surface area contributed by atoms with Gasteiger partial charge in [-0.3, -0.25) is 9.63 Å². The van der Waals surface area contributed by atoms with Gasteiger partial charge in [-0.1, -0.05) is 24.5 Å². The van der Waals surface area contributed by atoms with E-state index < -0.39 is 0 Å². The monoisotopic (exact) mass is 485 g/mol. The Kier molecular flexibility index (Phi) is 10.9. The quantitative estimate of drug-likeness (QED) is 0.326. The van der Waals surface area contributed by atoms with Crippen LogP contribution in [-0.2, 0) is 4.84 Å². The number of carbonyl (C=O) groups is 1. The number of amides is 1. The third-order valence-electron chi connectivity index (χ3n) is 5.43. The van der Waals surface area contributed by atoms with Gasteiger partial charge in [0.15, 0.2) is 0 Å². The van der Waals surface area contributed by atoms with E-state index in [1.54, 1.807) is 11.9 Å². The number of anilines is 1. The summed E-state index contributed by atoms with van der Waals surface area (Å²) in [4.78, 5) is 32.9. The number of hydroxylamine groups is 1. The van der Waals surface area contributed by atoms with Crippen LogP contribution in [0.2, 0.25) is 0 Å². The van der Waals surface area contributed by atoms with Gasteiger partial charge >= 0.3 is 0 Å². The fourth-order valence-electron chi connectivity index (χ4n) is 3.68. The lowest BCUT2D eigenvalue weighted by molar-refractivity contribution is 0.0791. The summed E-state index contributed by atoms with van der Waals surface area (Å²) in [5.41, 5.74) is 10.3. The van der Waals surface area contributed by atoms with Crippen LogP contribution in [0.1, 0.15) is 48.8 Å². The van der Waals surface area contributed by atoms with Crippen molar-refractivity contribution in [3.05, 3.63) is 29.6 Å². The van der Waals surface area contributed by atoms with Crippen LogP contribution in [0.15, 0.2) is 23.2 Å². The van der Waals surface area contributed by atoms with E-state index in [-0.39, 0.29) is 54.6 Å². The van der Waals surface area contributed by atoms with Crippen LogP contribution in [0.3, 0.4) is 0 Å². The summed E-state index contributed by atoms with van der Waals surface area (Å²) in [7, 11) is 3.25. The van der Waals surface area contributed by atoms with E-state index in [2.05, 4.69) is 25.8 Å². The molecule has 1 aromatic carbocycles. The van der Waals surface area contributed by atoms with Crippen molar-refractivity contribution in [3.8, 4) is 0 Å². The van der Waals surface area contributed by atoms with Crippen LogP contribution in [0, 0.1) is 6.92 Å². The highest BCUT2D eigenvalue weighted by molar-refractivity contribution is 5.96. The Morgan fingerprint density at radius 3 is 2.69 bits per heavy atom. The summed E-state index contributed by atoms with van der Waals surface area (Å²) in [6, 6.07) is 5.98. The molecule has 1 aliphatic rings. The molecule has 32 heavy (non-hydrogen) atoms. The highest BCUT2D eigenvalue weighted by atomic mass is 35.5. The van der Waals surface area contributed by atoms with Crippen molar-refractivity contribution in [2.75, 3.05) is 26.0 Å². The molecule has 9 nitrogen and oxygen atoms in total. The molecule has 0 bridgehead atoms. The van der Waals surface area contributed by atoms with Gasteiger partial charge in [-0.2, -0.15) is 0 Å². The summed E-state index contributed by atoms with van der Waals surface area (Å²) >= 11 is 0. The summed E-state index contributed by atoms with van der Waals surface area (Å²) < 4.78 is 0. The summed E-state index contributed by atoms with van der Waals surface area (Å²) in [6.45, 7) is 4.53. The Hall–Kier alpha value is -2.36. The molecule has 2 atom stereocenters. The van der Waals surface area contributed by atoms with E-state index >= 15 is 0 Å². The Morgan fingerprint density at radius 2 is 2.00 bits per heavy atom. The average Bonchev–Trinajstić information content (AvgIpc) is 2.74. The third-order valence-corrected chi connectivity index (χ3v) is 5.43. The molecule has 0 radical (unpaired) electrons. The molecular weight excluding hydrogens is 453 g/mol. The number of hydrogen-bond donors (Lipinski definition) is 3. The molecule has 3 rings (SSSR count). The first-order chi connectivity index (χ1) is 14.4. The largest absolute Gasteiger partial charge is 0.368 e. The summed E-state index contributed by atoms with van der Waals surface area (Å²) in [6.07, 6.45) is 4.02.